The zero-order chi connectivity index (χ0) is 14.5. The molecule has 4 heteroatoms. The van der Waals surface area contributed by atoms with Gasteiger partial charge in [-0.15, -0.1) is 0 Å². The van der Waals surface area contributed by atoms with Crippen molar-refractivity contribution in [1.82, 2.24) is 9.80 Å². The van der Waals surface area contributed by atoms with Gasteiger partial charge in [-0.3, -0.25) is 9.80 Å². The fourth-order valence-corrected chi connectivity index (χ4v) is 2.66. The van der Waals surface area contributed by atoms with E-state index in [1.54, 1.807) is 7.11 Å². The van der Waals surface area contributed by atoms with Crippen molar-refractivity contribution >= 4 is 0 Å². The molecular formula is C16H23N3O. The first-order valence-electron chi connectivity index (χ1n) is 7.13. The highest BCUT2D eigenvalue weighted by Gasteiger charge is 2.21. The number of nitriles is 1. The van der Waals surface area contributed by atoms with Gasteiger partial charge in [-0.05, 0) is 19.9 Å². The van der Waals surface area contributed by atoms with Crippen molar-refractivity contribution in [2.75, 3.05) is 33.3 Å². The molecule has 0 radical (unpaired) electrons. The second kappa shape index (κ2) is 6.74. The molecule has 1 heterocycles. The lowest BCUT2D eigenvalue weighted by Gasteiger charge is -2.36. The molecular weight excluding hydrogens is 250 g/mol. The number of hydrogen-bond donors (Lipinski definition) is 0. The largest absolute Gasteiger partial charge is 0.496 e. The van der Waals surface area contributed by atoms with E-state index in [1.807, 2.05) is 13.0 Å². The first kappa shape index (κ1) is 14.8. The molecule has 0 N–H and O–H groups in total. The predicted octanol–water partition coefficient (Wildman–Crippen LogP) is 2.03. The van der Waals surface area contributed by atoms with Crippen LogP contribution in [0.4, 0.5) is 0 Å². The average Bonchev–Trinajstić information content (AvgIpc) is 2.47. The summed E-state index contributed by atoms with van der Waals surface area (Å²) in [5.41, 5.74) is 2.51. The first-order valence-corrected chi connectivity index (χ1v) is 7.13. The number of benzene rings is 1. The summed E-state index contributed by atoms with van der Waals surface area (Å²) >= 11 is 0. The number of hydrogen-bond acceptors (Lipinski definition) is 4. The van der Waals surface area contributed by atoms with E-state index in [0.29, 0.717) is 0 Å². The van der Waals surface area contributed by atoms with Gasteiger partial charge in [-0.1, -0.05) is 17.7 Å². The van der Waals surface area contributed by atoms with Crippen LogP contribution in [0.1, 0.15) is 18.1 Å². The summed E-state index contributed by atoms with van der Waals surface area (Å²) in [6.45, 7) is 8.92. The lowest BCUT2D eigenvalue weighted by molar-refractivity contribution is 0.114. The fourth-order valence-electron chi connectivity index (χ4n) is 2.66. The fraction of sp³-hybridized carbons (Fsp3) is 0.562. The van der Waals surface area contributed by atoms with Gasteiger partial charge in [0, 0.05) is 38.3 Å². The van der Waals surface area contributed by atoms with E-state index in [1.165, 1.54) is 11.1 Å². The monoisotopic (exact) mass is 273 g/mol. The van der Waals surface area contributed by atoms with Crippen molar-refractivity contribution in [3.8, 4) is 11.8 Å². The van der Waals surface area contributed by atoms with Crippen molar-refractivity contribution in [2.24, 2.45) is 0 Å². The van der Waals surface area contributed by atoms with Crippen molar-refractivity contribution in [3.05, 3.63) is 29.3 Å². The molecule has 4 nitrogen and oxygen atoms in total. The Labute approximate surface area is 121 Å². The second-order valence-corrected chi connectivity index (χ2v) is 5.43. The van der Waals surface area contributed by atoms with Crippen LogP contribution >= 0.6 is 0 Å². The van der Waals surface area contributed by atoms with Gasteiger partial charge in [0.25, 0.3) is 0 Å². The van der Waals surface area contributed by atoms with Crippen molar-refractivity contribution in [3.63, 3.8) is 0 Å². The van der Waals surface area contributed by atoms with Gasteiger partial charge in [0.1, 0.15) is 5.75 Å². The standard InChI is InChI=1S/C16H23N3O/c1-13-4-5-16(20-3)15(10-13)12-18-6-8-19(9-7-18)14(2)11-17/h4-5,10,14H,6-9,12H2,1-3H3. The van der Waals surface area contributed by atoms with Crippen LogP contribution in [0.25, 0.3) is 0 Å². The zero-order valence-electron chi connectivity index (χ0n) is 12.6. The maximum absolute atomic E-state index is 8.97. The van der Waals surface area contributed by atoms with Gasteiger partial charge in [0.2, 0.25) is 0 Å². The summed E-state index contributed by atoms with van der Waals surface area (Å²) in [7, 11) is 1.72. The Hall–Kier alpha value is -1.57. The summed E-state index contributed by atoms with van der Waals surface area (Å²) < 4.78 is 5.44. The van der Waals surface area contributed by atoms with Crippen molar-refractivity contribution < 1.29 is 4.74 Å². The molecule has 1 unspecified atom stereocenters. The first-order chi connectivity index (χ1) is 9.63. The van der Waals surface area contributed by atoms with Crippen LogP contribution in [0.2, 0.25) is 0 Å². The smallest absolute Gasteiger partial charge is 0.123 e. The Bertz CT molecular complexity index is 487. The molecule has 0 aromatic heterocycles. The van der Waals surface area contributed by atoms with E-state index in [9.17, 15) is 0 Å². The molecule has 0 amide bonds. The highest BCUT2D eigenvalue weighted by atomic mass is 16.5. The number of nitrogens with zero attached hydrogens (tertiary/aromatic N) is 3. The van der Waals surface area contributed by atoms with Gasteiger partial charge in [-0.2, -0.15) is 5.26 Å². The summed E-state index contributed by atoms with van der Waals surface area (Å²) in [4.78, 5) is 4.67. The topological polar surface area (TPSA) is 39.5 Å². The highest BCUT2D eigenvalue weighted by Crippen LogP contribution is 2.22. The van der Waals surface area contributed by atoms with E-state index in [2.05, 4.69) is 34.9 Å². The third-order valence-corrected chi connectivity index (χ3v) is 3.97. The van der Waals surface area contributed by atoms with Crippen molar-refractivity contribution in [1.29, 1.82) is 5.26 Å². The van der Waals surface area contributed by atoms with Crippen LogP contribution in [0.3, 0.4) is 0 Å². The van der Waals surface area contributed by atoms with Crippen LogP contribution < -0.4 is 4.74 Å². The van der Waals surface area contributed by atoms with Crippen LogP contribution in [0.15, 0.2) is 18.2 Å². The molecule has 1 aliphatic heterocycles. The summed E-state index contributed by atoms with van der Waals surface area (Å²) in [5.74, 6) is 0.962. The molecule has 108 valence electrons. The molecule has 1 atom stereocenters. The van der Waals surface area contributed by atoms with Gasteiger partial charge >= 0.3 is 0 Å². The SMILES string of the molecule is COc1ccc(C)cc1CN1CCN(C(C)C#N)CC1. The number of methoxy groups -OCH3 is 1. The number of aryl methyl sites for hydroxylation is 1. The normalized spacial score (nSPS) is 18.5. The van der Waals surface area contributed by atoms with Crippen LogP contribution in [0.5, 0.6) is 5.75 Å². The zero-order valence-corrected chi connectivity index (χ0v) is 12.6. The number of ether oxygens (including phenoxy) is 1. The van der Waals surface area contributed by atoms with Crippen LogP contribution in [0, 0.1) is 18.3 Å². The lowest BCUT2D eigenvalue weighted by Crippen LogP contribution is -2.48. The Morgan fingerprint density at radius 2 is 2.00 bits per heavy atom. The molecule has 1 aromatic carbocycles. The summed E-state index contributed by atoms with van der Waals surface area (Å²) in [6, 6.07) is 8.65. The minimum absolute atomic E-state index is 0.0191. The van der Waals surface area contributed by atoms with Gasteiger partial charge in [0.05, 0.1) is 19.2 Å². The van der Waals surface area contributed by atoms with E-state index in [-0.39, 0.29) is 6.04 Å². The molecule has 1 aliphatic rings. The molecule has 1 fully saturated rings. The van der Waals surface area contributed by atoms with E-state index >= 15 is 0 Å². The minimum atomic E-state index is 0.0191. The second-order valence-electron chi connectivity index (χ2n) is 5.43. The molecule has 0 aliphatic carbocycles. The highest BCUT2D eigenvalue weighted by molar-refractivity contribution is 5.36. The number of rotatable bonds is 4. The minimum Gasteiger partial charge on any atom is -0.496 e. The quantitative estimate of drug-likeness (QED) is 0.841. The summed E-state index contributed by atoms with van der Waals surface area (Å²) in [5, 5.41) is 8.97. The molecule has 20 heavy (non-hydrogen) atoms. The Morgan fingerprint density at radius 1 is 1.30 bits per heavy atom. The van der Waals surface area contributed by atoms with E-state index in [0.717, 1.165) is 38.5 Å². The van der Waals surface area contributed by atoms with Crippen molar-refractivity contribution in [2.45, 2.75) is 26.4 Å². The van der Waals surface area contributed by atoms with E-state index in [4.69, 9.17) is 10.00 Å². The maximum Gasteiger partial charge on any atom is 0.123 e. The lowest BCUT2D eigenvalue weighted by atomic mass is 10.1. The predicted molar refractivity (Wildman–Crippen MR) is 79.7 cm³/mol. The third kappa shape index (κ3) is 3.50. The maximum atomic E-state index is 8.97. The number of piperazine rings is 1. The molecule has 0 bridgehead atoms. The van der Waals surface area contributed by atoms with Crippen LogP contribution in [-0.4, -0.2) is 49.1 Å². The van der Waals surface area contributed by atoms with E-state index < -0.39 is 0 Å². The molecule has 0 saturated carbocycles. The van der Waals surface area contributed by atoms with Gasteiger partial charge in [-0.25, -0.2) is 0 Å². The Kier molecular flexibility index (Phi) is 4.99. The molecule has 1 aromatic rings. The summed E-state index contributed by atoms with van der Waals surface area (Å²) in [6.07, 6.45) is 0. The third-order valence-electron chi connectivity index (χ3n) is 3.97. The Morgan fingerprint density at radius 3 is 2.60 bits per heavy atom. The average molecular weight is 273 g/mol. The van der Waals surface area contributed by atoms with Crippen LogP contribution in [-0.2, 0) is 6.54 Å². The Balaban J connectivity index is 1.96. The molecule has 2 rings (SSSR count). The van der Waals surface area contributed by atoms with Gasteiger partial charge in [0.15, 0.2) is 0 Å². The molecule has 0 spiro atoms. The molecule has 1 saturated heterocycles. The van der Waals surface area contributed by atoms with Gasteiger partial charge < -0.3 is 4.74 Å².